The first-order valence-electron chi connectivity index (χ1n) is 7.07. The van der Waals surface area contributed by atoms with Gasteiger partial charge in [-0.2, -0.15) is 0 Å². The third kappa shape index (κ3) is 4.30. The molecule has 0 spiro atoms. The molecule has 0 aromatic rings. The second-order valence-electron chi connectivity index (χ2n) is 5.72. The predicted molar refractivity (Wildman–Crippen MR) is 71.6 cm³/mol. The molecule has 100 valence electrons. The summed E-state index contributed by atoms with van der Waals surface area (Å²) in [4.78, 5) is 12.0. The molecule has 1 amide bonds. The molecule has 1 saturated carbocycles. The number of nitrogens with two attached hydrogens (primary N) is 1. The number of nitrogens with one attached hydrogen (secondary N) is 1. The topological polar surface area (TPSA) is 55.1 Å². The molecule has 1 aliphatic carbocycles. The van der Waals surface area contributed by atoms with E-state index in [1.54, 1.807) is 0 Å². The van der Waals surface area contributed by atoms with Crippen LogP contribution in [0.25, 0.3) is 0 Å². The SMILES string of the molecule is CCC(CC(=O)NC1CCCC1CN)C(C)C. The van der Waals surface area contributed by atoms with Crippen molar-refractivity contribution < 1.29 is 4.79 Å². The number of carbonyl (C=O) groups excluding carboxylic acids is 1. The van der Waals surface area contributed by atoms with E-state index in [9.17, 15) is 4.79 Å². The highest BCUT2D eigenvalue weighted by atomic mass is 16.1. The average molecular weight is 240 g/mol. The van der Waals surface area contributed by atoms with Gasteiger partial charge >= 0.3 is 0 Å². The van der Waals surface area contributed by atoms with Crippen LogP contribution in [0.2, 0.25) is 0 Å². The van der Waals surface area contributed by atoms with E-state index in [-0.39, 0.29) is 5.91 Å². The van der Waals surface area contributed by atoms with Gasteiger partial charge in [0.25, 0.3) is 0 Å². The summed E-state index contributed by atoms with van der Waals surface area (Å²) < 4.78 is 0. The minimum absolute atomic E-state index is 0.218. The highest BCUT2D eigenvalue weighted by Gasteiger charge is 2.28. The van der Waals surface area contributed by atoms with Crippen LogP contribution in [0, 0.1) is 17.8 Å². The molecule has 0 aromatic carbocycles. The zero-order valence-corrected chi connectivity index (χ0v) is 11.5. The van der Waals surface area contributed by atoms with Crippen molar-refractivity contribution in [1.82, 2.24) is 5.32 Å². The Hall–Kier alpha value is -0.570. The Morgan fingerprint density at radius 3 is 2.65 bits per heavy atom. The lowest BCUT2D eigenvalue weighted by Crippen LogP contribution is -2.40. The molecule has 3 heteroatoms. The van der Waals surface area contributed by atoms with E-state index in [0.29, 0.717) is 36.8 Å². The normalized spacial score (nSPS) is 26.2. The Balaban J connectivity index is 2.38. The van der Waals surface area contributed by atoms with E-state index in [2.05, 4.69) is 26.1 Å². The fourth-order valence-electron chi connectivity index (χ4n) is 2.86. The maximum Gasteiger partial charge on any atom is 0.220 e. The van der Waals surface area contributed by atoms with Crippen molar-refractivity contribution in [3.8, 4) is 0 Å². The second-order valence-corrected chi connectivity index (χ2v) is 5.72. The van der Waals surface area contributed by atoms with Gasteiger partial charge in [0.2, 0.25) is 5.91 Å². The fraction of sp³-hybridized carbons (Fsp3) is 0.929. The van der Waals surface area contributed by atoms with Crippen LogP contribution in [-0.4, -0.2) is 18.5 Å². The van der Waals surface area contributed by atoms with Gasteiger partial charge in [-0.1, -0.05) is 33.6 Å². The zero-order valence-electron chi connectivity index (χ0n) is 11.5. The molecule has 1 rings (SSSR count). The molecule has 0 aromatic heterocycles. The Labute approximate surface area is 106 Å². The van der Waals surface area contributed by atoms with Gasteiger partial charge < -0.3 is 11.1 Å². The summed E-state index contributed by atoms with van der Waals surface area (Å²) >= 11 is 0. The molecule has 3 unspecified atom stereocenters. The van der Waals surface area contributed by atoms with Gasteiger partial charge in [-0.15, -0.1) is 0 Å². The molecule has 0 aliphatic heterocycles. The molecule has 17 heavy (non-hydrogen) atoms. The number of carbonyl (C=O) groups is 1. The molecule has 3 atom stereocenters. The number of hydrogen-bond donors (Lipinski definition) is 2. The van der Waals surface area contributed by atoms with E-state index in [1.165, 1.54) is 12.8 Å². The van der Waals surface area contributed by atoms with Crippen LogP contribution in [0.5, 0.6) is 0 Å². The van der Waals surface area contributed by atoms with E-state index < -0.39 is 0 Å². The van der Waals surface area contributed by atoms with E-state index in [4.69, 9.17) is 5.73 Å². The monoisotopic (exact) mass is 240 g/mol. The Kier molecular flexibility index (Phi) is 5.96. The summed E-state index contributed by atoms with van der Waals surface area (Å²) in [6, 6.07) is 0.331. The lowest BCUT2D eigenvalue weighted by Gasteiger charge is -2.23. The van der Waals surface area contributed by atoms with E-state index in [0.717, 1.165) is 12.8 Å². The summed E-state index contributed by atoms with van der Waals surface area (Å²) in [6.45, 7) is 7.25. The standard InChI is InChI=1S/C14H28N2O/c1-4-11(10(2)3)8-14(17)16-13-7-5-6-12(13)9-15/h10-13H,4-9,15H2,1-3H3,(H,16,17). The van der Waals surface area contributed by atoms with Crippen LogP contribution in [0.4, 0.5) is 0 Å². The maximum absolute atomic E-state index is 12.0. The first-order chi connectivity index (χ1) is 8.08. The van der Waals surface area contributed by atoms with Crippen LogP contribution < -0.4 is 11.1 Å². The average Bonchev–Trinajstić information content (AvgIpc) is 2.72. The lowest BCUT2D eigenvalue weighted by molar-refractivity contribution is -0.123. The Bertz CT molecular complexity index is 240. The van der Waals surface area contributed by atoms with Crippen molar-refractivity contribution in [1.29, 1.82) is 0 Å². The second kappa shape index (κ2) is 7.00. The first-order valence-corrected chi connectivity index (χ1v) is 7.07. The summed E-state index contributed by atoms with van der Waals surface area (Å²) in [5.74, 6) is 1.81. The molecule has 3 nitrogen and oxygen atoms in total. The van der Waals surface area contributed by atoms with Gasteiger partial charge in [0.05, 0.1) is 0 Å². The van der Waals surface area contributed by atoms with Gasteiger partial charge in [0.15, 0.2) is 0 Å². The largest absolute Gasteiger partial charge is 0.353 e. The summed E-state index contributed by atoms with van der Waals surface area (Å²) in [6.07, 6.45) is 5.22. The lowest BCUT2D eigenvalue weighted by atomic mass is 9.89. The molecule has 0 heterocycles. The van der Waals surface area contributed by atoms with Crippen molar-refractivity contribution in [2.75, 3.05) is 6.54 Å². The first kappa shape index (κ1) is 14.5. The smallest absolute Gasteiger partial charge is 0.220 e. The van der Waals surface area contributed by atoms with Crippen LogP contribution in [0.15, 0.2) is 0 Å². The summed E-state index contributed by atoms with van der Waals surface area (Å²) in [5.41, 5.74) is 5.72. The quantitative estimate of drug-likeness (QED) is 0.748. The molecular weight excluding hydrogens is 212 g/mol. The minimum atomic E-state index is 0.218. The van der Waals surface area contributed by atoms with Crippen LogP contribution in [-0.2, 0) is 4.79 Å². The van der Waals surface area contributed by atoms with Gasteiger partial charge in [-0.25, -0.2) is 0 Å². The maximum atomic E-state index is 12.0. The Morgan fingerprint density at radius 1 is 1.41 bits per heavy atom. The Morgan fingerprint density at radius 2 is 2.12 bits per heavy atom. The molecule has 0 bridgehead atoms. The molecule has 1 fully saturated rings. The van der Waals surface area contributed by atoms with Gasteiger partial charge in [-0.05, 0) is 37.1 Å². The number of hydrogen-bond acceptors (Lipinski definition) is 2. The van der Waals surface area contributed by atoms with Crippen LogP contribution in [0.3, 0.4) is 0 Å². The van der Waals surface area contributed by atoms with Gasteiger partial charge in [0.1, 0.15) is 0 Å². The number of rotatable bonds is 6. The molecular formula is C14H28N2O. The highest BCUT2D eigenvalue weighted by Crippen LogP contribution is 2.25. The molecule has 3 N–H and O–H groups in total. The van der Waals surface area contributed by atoms with Crippen LogP contribution >= 0.6 is 0 Å². The molecule has 0 radical (unpaired) electrons. The third-order valence-electron chi connectivity index (χ3n) is 4.22. The molecule has 0 saturated heterocycles. The minimum Gasteiger partial charge on any atom is -0.353 e. The highest BCUT2D eigenvalue weighted by molar-refractivity contribution is 5.76. The van der Waals surface area contributed by atoms with Crippen molar-refractivity contribution >= 4 is 5.91 Å². The van der Waals surface area contributed by atoms with Gasteiger partial charge in [-0.3, -0.25) is 4.79 Å². The fourth-order valence-corrected chi connectivity index (χ4v) is 2.86. The zero-order chi connectivity index (χ0) is 12.8. The van der Waals surface area contributed by atoms with Crippen molar-refractivity contribution in [2.24, 2.45) is 23.5 Å². The van der Waals surface area contributed by atoms with E-state index in [1.807, 2.05) is 0 Å². The molecule has 1 aliphatic rings. The van der Waals surface area contributed by atoms with E-state index >= 15 is 0 Å². The summed E-state index contributed by atoms with van der Waals surface area (Å²) in [5, 5.41) is 3.18. The third-order valence-corrected chi connectivity index (χ3v) is 4.22. The van der Waals surface area contributed by atoms with Crippen molar-refractivity contribution in [3.63, 3.8) is 0 Å². The van der Waals surface area contributed by atoms with Crippen molar-refractivity contribution in [3.05, 3.63) is 0 Å². The van der Waals surface area contributed by atoms with Crippen molar-refractivity contribution in [2.45, 2.75) is 58.9 Å². The number of amides is 1. The van der Waals surface area contributed by atoms with Gasteiger partial charge in [0, 0.05) is 12.5 Å². The summed E-state index contributed by atoms with van der Waals surface area (Å²) in [7, 11) is 0. The van der Waals surface area contributed by atoms with Crippen LogP contribution in [0.1, 0.15) is 52.9 Å². The predicted octanol–water partition coefficient (Wildman–Crippen LogP) is 2.30.